The van der Waals surface area contributed by atoms with Crippen LogP contribution in [0, 0.1) is 0 Å². The number of imide groups is 1. The van der Waals surface area contributed by atoms with Crippen molar-refractivity contribution in [3.8, 4) is 0 Å². The van der Waals surface area contributed by atoms with Crippen LogP contribution in [0.25, 0.3) is 0 Å². The van der Waals surface area contributed by atoms with E-state index in [4.69, 9.17) is 0 Å². The molecular formula is C22H24BrN3O3. The lowest BCUT2D eigenvalue weighted by Crippen LogP contribution is -2.36. The van der Waals surface area contributed by atoms with Gasteiger partial charge in [0.05, 0.1) is 17.2 Å². The quantitative estimate of drug-likeness (QED) is 0.617. The SMILES string of the molecule is CN(C)C[C@H](NC(=O)CCCN1C(=O)c2ccc(Br)cc2C1=O)c1ccccc1. The van der Waals surface area contributed by atoms with E-state index >= 15 is 0 Å². The summed E-state index contributed by atoms with van der Waals surface area (Å²) in [6.07, 6.45) is 0.663. The fourth-order valence-electron chi connectivity index (χ4n) is 3.42. The van der Waals surface area contributed by atoms with Gasteiger partial charge in [0.15, 0.2) is 0 Å². The molecule has 1 atom stereocenters. The Hall–Kier alpha value is -2.51. The van der Waals surface area contributed by atoms with E-state index in [1.165, 1.54) is 4.90 Å². The van der Waals surface area contributed by atoms with E-state index in [1.807, 2.05) is 49.3 Å². The lowest BCUT2D eigenvalue weighted by molar-refractivity contribution is -0.122. The van der Waals surface area contributed by atoms with Crippen molar-refractivity contribution in [3.05, 3.63) is 69.7 Å². The van der Waals surface area contributed by atoms with Gasteiger partial charge in [-0.2, -0.15) is 0 Å². The maximum atomic E-state index is 12.5. The highest BCUT2D eigenvalue weighted by molar-refractivity contribution is 9.10. The van der Waals surface area contributed by atoms with E-state index in [1.54, 1.807) is 18.2 Å². The first kappa shape index (κ1) is 21.2. The second-order valence-corrected chi connectivity index (χ2v) is 8.26. The van der Waals surface area contributed by atoms with Crippen molar-refractivity contribution >= 4 is 33.7 Å². The van der Waals surface area contributed by atoms with Gasteiger partial charge in [0.2, 0.25) is 5.91 Å². The summed E-state index contributed by atoms with van der Waals surface area (Å²) in [5.74, 6) is -0.700. The third kappa shape index (κ3) is 5.10. The van der Waals surface area contributed by atoms with E-state index in [2.05, 4.69) is 21.2 Å². The van der Waals surface area contributed by atoms with Crippen molar-refractivity contribution in [3.63, 3.8) is 0 Å². The molecule has 1 aliphatic heterocycles. The largest absolute Gasteiger partial charge is 0.348 e. The number of hydrogen-bond donors (Lipinski definition) is 1. The second-order valence-electron chi connectivity index (χ2n) is 7.35. The number of carbonyl (C=O) groups is 3. The summed E-state index contributed by atoms with van der Waals surface area (Å²) in [5.41, 5.74) is 1.86. The van der Waals surface area contributed by atoms with E-state index in [9.17, 15) is 14.4 Å². The minimum atomic E-state index is -0.304. The molecule has 0 saturated heterocycles. The number of halogens is 1. The average molecular weight is 458 g/mol. The summed E-state index contributed by atoms with van der Waals surface area (Å²) in [5, 5.41) is 3.06. The van der Waals surface area contributed by atoms with Crippen LogP contribution in [0.4, 0.5) is 0 Å². The molecule has 3 amide bonds. The van der Waals surface area contributed by atoms with Crippen LogP contribution in [0.15, 0.2) is 53.0 Å². The van der Waals surface area contributed by atoms with Crippen LogP contribution < -0.4 is 5.32 Å². The molecule has 0 aliphatic carbocycles. The molecule has 0 saturated carbocycles. The zero-order valence-corrected chi connectivity index (χ0v) is 18.1. The molecule has 152 valence electrons. The highest BCUT2D eigenvalue weighted by Crippen LogP contribution is 2.26. The first-order chi connectivity index (χ1) is 13.9. The van der Waals surface area contributed by atoms with E-state index < -0.39 is 0 Å². The van der Waals surface area contributed by atoms with Crippen molar-refractivity contribution in [1.29, 1.82) is 0 Å². The number of benzene rings is 2. The Labute approximate surface area is 179 Å². The van der Waals surface area contributed by atoms with Crippen LogP contribution in [0.3, 0.4) is 0 Å². The molecule has 0 fully saturated rings. The molecule has 0 spiro atoms. The zero-order valence-electron chi connectivity index (χ0n) is 16.5. The van der Waals surface area contributed by atoms with Crippen molar-refractivity contribution < 1.29 is 14.4 Å². The minimum absolute atomic E-state index is 0.0972. The van der Waals surface area contributed by atoms with Gasteiger partial charge in [0.1, 0.15) is 0 Å². The van der Waals surface area contributed by atoms with Gasteiger partial charge in [-0.3, -0.25) is 19.3 Å². The molecule has 2 aromatic rings. The predicted molar refractivity (Wildman–Crippen MR) is 115 cm³/mol. The number of likely N-dealkylation sites (N-methyl/N-ethyl adjacent to an activating group) is 1. The Morgan fingerprint density at radius 3 is 2.45 bits per heavy atom. The summed E-state index contributed by atoms with van der Waals surface area (Å²) < 4.78 is 0.756. The summed E-state index contributed by atoms with van der Waals surface area (Å²) in [4.78, 5) is 40.7. The second kappa shape index (κ2) is 9.33. The Morgan fingerprint density at radius 2 is 1.76 bits per heavy atom. The fourth-order valence-corrected chi connectivity index (χ4v) is 3.78. The summed E-state index contributed by atoms with van der Waals surface area (Å²) >= 11 is 3.32. The zero-order chi connectivity index (χ0) is 21.0. The number of carbonyl (C=O) groups excluding carboxylic acids is 3. The Bertz CT molecular complexity index is 915. The number of rotatable bonds is 8. The van der Waals surface area contributed by atoms with Crippen LogP contribution in [0.5, 0.6) is 0 Å². The Morgan fingerprint density at radius 1 is 1.07 bits per heavy atom. The Balaban J connectivity index is 1.55. The standard InChI is InChI=1S/C22H24BrN3O3/c1-25(2)14-19(15-7-4-3-5-8-15)24-20(27)9-6-12-26-21(28)17-11-10-16(23)13-18(17)22(26)29/h3-5,7-8,10-11,13,19H,6,9,12,14H2,1-2H3,(H,24,27)/t19-/m0/s1. The van der Waals surface area contributed by atoms with Gasteiger partial charge in [-0.25, -0.2) is 0 Å². The molecule has 1 heterocycles. The Kier molecular flexibility index (Phi) is 6.82. The maximum Gasteiger partial charge on any atom is 0.261 e. The monoisotopic (exact) mass is 457 g/mol. The molecule has 2 aromatic carbocycles. The van der Waals surface area contributed by atoms with E-state index in [0.717, 1.165) is 10.0 Å². The third-order valence-corrected chi connectivity index (χ3v) is 5.30. The van der Waals surface area contributed by atoms with Gasteiger partial charge in [0, 0.05) is 24.0 Å². The van der Waals surface area contributed by atoms with Gasteiger partial charge >= 0.3 is 0 Å². The van der Waals surface area contributed by atoms with E-state index in [0.29, 0.717) is 24.1 Å². The number of nitrogens with zero attached hydrogens (tertiary/aromatic N) is 2. The fraction of sp³-hybridized carbons (Fsp3) is 0.318. The van der Waals surface area contributed by atoms with Crippen molar-refractivity contribution in [2.45, 2.75) is 18.9 Å². The molecule has 29 heavy (non-hydrogen) atoms. The molecule has 0 bridgehead atoms. The topological polar surface area (TPSA) is 69.7 Å². The highest BCUT2D eigenvalue weighted by atomic mass is 79.9. The number of fused-ring (bicyclic) bond motifs is 1. The van der Waals surface area contributed by atoms with Crippen LogP contribution >= 0.6 is 15.9 Å². The van der Waals surface area contributed by atoms with Crippen LogP contribution in [-0.4, -0.2) is 54.7 Å². The number of hydrogen-bond acceptors (Lipinski definition) is 4. The molecule has 1 N–H and O–H groups in total. The normalized spacial score (nSPS) is 14.3. The van der Waals surface area contributed by atoms with E-state index in [-0.39, 0.29) is 36.7 Å². The molecule has 6 nitrogen and oxygen atoms in total. The van der Waals surface area contributed by atoms with Crippen LogP contribution in [-0.2, 0) is 4.79 Å². The average Bonchev–Trinajstić information content (AvgIpc) is 2.92. The van der Waals surface area contributed by atoms with Gasteiger partial charge in [-0.15, -0.1) is 0 Å². The van der Waals surface area contributed by atoms with Crippen molar-refractivity contribution in [1.82, 2.24) is 15.1 Å². The van der Waals surface area contributed by atoms with Crippen molar-refractivity contribution in [2.24, 2.45) is 0 Å². The smallest absolute Gasteiger partial charge is 0.261 e. The molecule has 1 aliphatic rings. The molecule has 0 unspecified atom stereocenters. The molecule has 3 rings (SSSR count). The highest BCUT2D eigenvalue weighted by Gasteiger charge is 2.35. The third-order valence-electron chi connectivity index (χ3n) is 4.80. The van der Waals surface area contributed by atoms with Crippen LogP contribution in [0.2, 0.25) is 0 Å². The van der Waals surface area contributed by atoms with Crippen LogP contribution in [0.1, 0.15) is 45.2 Å². The summed E-state index contributed by atoms with van der Waals surface area (Å²) in [7, 11) is 3.92. The predicted octanol–water partition coefficient (Wildman–Crippen LogP) is 3.24. The van der Waals surface area contributed by atoms with Crippen molar-refractivity contribution in [2.75, 3.05) is 27.2 Å². The number of nitrogens with one attached hydrogen (secondary N) is 1. The number of amides is 3. The first-order valence-electron chi connectivity index (χ1n) is 9.51. The van der Waals surface area contributed by atoms with Gasteiger partial charge < -0.3 is 10.2 Å². The molecular weight excluding hydrogens is 434 g/mol. The molecule has 0 radical (unpaired) electrons. The lowest BCUT2D eigenvalue weighted by atomic mass is 10.1. The summed E-state index contributed by atoms with van der Waals surface area (Å²) in [6.45, 7) is 0.907. The van der Waals surface area contributed by atoms with Gasteiger partial charge in [0.25, 0.3) is 11.8 Å². The molecule has 0 aromatic heterocycles. The van der Waals surface area contributed by atoms with Gasteiger partial charge in [-0.1, -0.05) is 46.3 Å². The first-order valence-corrected chi connectivity index (χ1v) is 10.3. The minimum Gasteiger partial charge on any atom is -0.348 e. The molecule has 7 heteroatoms. The maximum absolute atomic E-state index is 12.5. The van der Waals surface area contributed by atoms with Gasteiger partial charge in [-0.05, 0) is 44.3 Å². The lowest BCUT2D eigenvalue weighted by Gasteiger charge is -2.23. The summed E-state index contributed by atoms with van der Waals surface area (Å²) in [6, 6.07) is 14.8.